The van der Waals surface area contributed by atoms with Crippen LogP contribution in [0.5, 0.6) is 5.75 Å². The summed E-state index contributed by atoms with van der Waals surface area (Å²) in [6.07, 6.45) is 1.31. The summed E-state index contributed by atoms with van der Waals surface area (Å²) in [5.41, 5.74) is 1.61. The Morgan fingerprint density at radius 1 is 1.15 bits per heavy atom. The van der Waals surface area contributed by atoms with E-state index < -0.39 is 34.3 Å². The predicted molar refractivity (Wildman–Crippen MR) is 125 cm³/mol. The zero-order chi connectivity index (χ0) is 24.8. The molecule has 33 heavy (non-hydrogen) atoms. The molecular weight excluding hydrogens is 449 g/mol. The molecule has 0 fully saturated rings. The highest BCUT2D eigenvalue weighted by molar-refractivity contribution is 7.92. The number of likely N-dealkylation sites (N-methyl/N-ethyl adjacent to an activating group) is 1. The number of methoxy groups -OCH3 is 1. The number of sulfonamides is 1. The second-order valence-corrected chi connectivity index (χ2v) is 9.54. The van der Waals surface area contributed by atoms with Crippen molar-refractivity contribution in [3.8, 4) is 5.75 Å². The minimum absolute atomic E-state index is 0.00753. The van der Waals surface area contributed by atoms with E-state index in [-0.39, 0.29) is 18.1 Å². The molecule has 10 heteroatoms. The second kappa shape index (κ2) is 11.1. The molecule has 180 valence electrons. The van der Waals surface area contributed by atoms with Crippen LogP contribution in [0.2, 0.25) is 0 Å². The van der Waals surface area contributed by atoms with E-state index in [2.05, 4.69) is 5.32 Å². The van der Waals surface area contributed by atoms with Gasteiger partial charge >= 0.3 is 0 Å². The predicted octanol–water partition coefficient (Wildman–Crippen LogP) is 2.46. The van der Waals surface area contributed by atoms with E-state index in [0.29, 0.717) is 17.7 Å². The third-order valence-electron chi connectivity index (χ3n) is 5.18. The second-order valence-electron chi connectivity index (χ2n) is 7.63. The van der Waals surface area contributed by atoms with Crippen molar-refractivity contribution in [3.63, 3.8) is 0 Å². The summed E-state index contributed by atoms with van der Waals surface area (Å²) in [4.78, 5) is 27.3. The number of nitrogens with zero attached hydrogens (tertiary/aromatic N) is 2. The van der Waals surface area contributed by atoms with Crippen LogP contribution in [0.4, 0.5) is 10.1 Å². The highest BCUT2D eigenvalue weighted by Crippen LogP contribution is 2.31. The Morgan fingerprint density at radius 3 is 2.30 bits per heavy atom. The molecule has 0 saturated carbocycles. The smallest absolute Gasteiger partial charge is 0.244 e. The van der Waals surface area contributed by atoms with Crippen LogP contribution in [0.15, 0.2) is 42.5 Å². The van der Waals surface area contributed by atoms with Crippen molar-refractivity contribution in [2.45, 2.75) is 32.9 Å². The minimum atomic E-state index is -3.88. The third-order valence-corrected chi connectivity index (χ3v) is 6.31. The van der Waals surface area contributed by atoms with E-state index in [9.17, 15) is 22.4 Å². The maximum atomic E-state index is 13.5. The quantitative estimate of drug-likeness (QED) is 0.565. The average molecular weight is 480 g/mol. The number of halogens is 1. The average Bonchev–Trinajstić information content (AvgIpc) is 2.77. The molecule has 1 unspecified atom stereocenters. The number of aryl methyl sites for hydroxylation is 1. The Labute approximate surface area is 194 Å². The molecule has 0 aliphatic heterocycles. The lowest BCUT2D eigenvalue weighted by Gasteiger charge is -2.33. The summed E-state index contributed by atoms with van der Waals surface area (Å²) >= 11 is 0. The number of rotatable bonds is 10. The highest BCUT2D eigenvalue weighted by Gasteiger charge is 2.32. The molecule has 1 atom stereocenters. The van der Waals surface area contributed by atoms with Crippen LogP contribution >= 0.6 is 0 Å². The number of amides is 2. The SMILES string of the molecule is CCC(C(=O)NC)N(Cc1ccc(F)cc1)C(=O)CN(c1cc(C)ccc1OC)S(C)(=O)=O. The zero-order valence-electron chi connectivity index (χ0n) is 19.5. The first-order chi connectivity index (χ1) is 15.5. The van der Waals surface area contributed by atoms with Gasteiger partial charge in [0.25, 0.3) is 0 Å². The van der Waals surface area contributed by atoms with Gasteiger partial charge in [0.05, 0.1) is 19.1 Å². The monoisotopic (exact) mass is 479 g/mol. The summed E-state index contributed by atoms with van der Waals surface area (Å²) in [7, 11) is -1.000. The lowest BCUT2D eigenvalue weighted by atomic mass is 10.1. The van der Waals surface area contributed by atoms with Gasteiger partial charge in [0.1, 0.15) is 24.2 Å². The van der Waals surface area contributed by atoms with Crippen LogP contribution in [0.25, 0.3) is 0 Å². The number of nitrogens with one attached hydrogen (secondary N) is 1. The lowest BCUT2D eigenvalue weighted by molar-refractivity contribution is -0.140. The molecule has 0 saturated heterocycles. The van der Waals surface area contributed by atoms with Crippen LogP contribution in [0.3, 0.4) is 0 Å². The van der Waals surface area contributed by atoms with E-state index in [1.54, 1.807) is 32.0 Å². The molecule has 0 aliphatic rings. The normalized spacial score (nSPS) is 12.1. The summed E-state index contributed by atoms with van der Waals surface area (Å²) in [6.45, 7) is 3.02. The Hall–Kier alpha value is -3.14. The molecule has 0 spiro atoms. The summed E-state index contributed by atoms with van der Waals surface area (Å²) < 4.78 is 45.0. The van der Waals surface area contributed by atoms with Crippen LogP contribution in [-0.4, -0.2) is 58.1 Å². The number of hydrogen-bond donors (Lipinski definition) is 1. The third kappa shape index (κ3) is 6.67. The molecule has 0 radical (unpaired) electrons. The standard InChI is InChI=1S/C23H30FN3O5S/c1-6-19(23(29)25-3)26(14-17-8-10-18(24)11-9-17)22(28)15-27(33(5,30)31)20-13-16(2)7-12-21(20)32-4/h7-13,19H,6,14-15H2,1-5H3,(H,25,29). The van der Waals surface area contributed by atoms with Gasteiger partial charge in [-0.25, -0.2) is 12.8 Å². The van der Waals surface area contributed by atoms with Gasteiger partial charge in [0.2, 0.25) is 21.8 Å². The molecule has 2 rings (SSSR count). The van der Waals surface area contributed by atoms with Crippen molar-refractivity contribution < 1.29 is 27.1 Å². The van der Waals surface area contributed by atoms with Crippen molar-refractivity contribution in [2.24, 2.45) is 0 Å². The molecule has 8 nitrogen and oxygen atoms in total. The molecule has 0 bridgehead atoms. The van der Waals surface area contributed by atoms with Crippen molar-refractivity contribution in [2.75, 3.05) is 31.3 Å². The summed E-state index contributed by atoms with van der Waals surface area (Å²) in [6, 6.07) is 9.74. The first kappa shape index (κ1) is 26.1. The number of anilines is 1. The highest BCUT2D eigenvalue weighted by atomic mass is 32.2. The molecule has 0 heterocycles. The van der Waals surface area contributed by atoms with Crippen LogP contribution in [-0.2, 0) is 26.2 Å². The van der Waals surface area contributed by atoms with E-state index in [1.807, 2.05) is 0 Å². The largest absolute Gasteiger partial charge is 0.495 e. The molecule has 0 aliphatic carbocycles. The molecule has 0 aromatic heterocycles. The number of carbonyl (C=O) groups excluding carboxylic acids is 2. The van der Waals surface area contributed by atoms with Crippen molar-refractivity contribution in [1.82, 2.24) is 10.2 Å². The van der Waals surface area contributed by atoms with Gasteiger partial charge in [-0.2, -0.15) is 0 Å². The number of hydrogen-bond acceptors (Lipinski definition) is 5. The lowest BCUT2D eigenvalue weighted by Crippen LogP contribution is -2.51. The number of carbonyl (C=O) groups is 2. The first-order valence-electron chi connectivity index (χ1n) is 10.4. The van der Waals surface area contributed by atoms with E-state index in [1.165, 1.54) is 43.3 Å². The fourth-order valence-electron chi connectivity index (χ4n) is 3.46. The van der Waals surface area contributed by atoms with Gasteiger partial charge in [-0.05, 0) is 48.7 Å². The summed E-state index contributed by atoms with van der Waals surface area (Å²) in [5.74, 6) is -1.09. The summed E-state index contributed by atoms with van der Waals surface area (Å²) in [5, 5.41) is 2.54. The van der Waals surface area contributed by atoms with Gasteiger partial charge in [-0.1, -0.05) is 25.1 Å². The Bertz CT molecular complexity index is 1090. The fourth-order valence-corrected chi connectivity index (χ4v) is 4.31. The minimum Gasteiger partial charge on any atom is -0.495 e. The Morgan fingerprint density at radius 2 is 1.79 bits per heavy atom. The van der Waals surface area contributed by atoms with E-state index in [4.69, 9.17) is 4.74 Å². The first-order valence-corrected chi connectivity index (χ1v) is 12.2. The van der Waals surface area contributed by atoms with Crippen LogP contribution in [0.1, 0.15) is 24.5 Å². The van der Waals surface area contributed by atoms with Gasteiger partial charge in [0, 0.05) is 13.6 Å². The Balaban J connectivity index is 2.49. The van der Waals surface area contributed by atoms with Crippen LogP contribution in [0, 0.1) is 12.7 Å². The topological polar surface area (TPSA) is 96.0 Å². The van der Waals surface area contributed by atoms with Crippen molar-refractivity contribution in [3.05, 3.63) is 59.4 Å². The van der Waals surface area contributed by atoms with Gasteiger partial charge in [-0.15, -0.1) is 0 Å². The molecule has 1 N–H and O–H groups in total. The fraction of sp³-hybridized carbons (Fsp3) is 0.391. The maximum absolute atomic E-state index is 13.5. The van der Waals surface area contributed by atoms with Crippen molar-refractivity contribution in [1.29, 1.82) is 0 Å². The van der Waals surface area contributed by atoms with E-state index >= 15 is 0 Å². The van der Waals surface area contributed by atoms with Crippen LogP contribution < -0.4 is 14.4 Å². The molecule has 2 aromatic rings. The van der Waals surface area contributed by atoms with Crippen molar-refractivity contribution >= 4 is 27.5 Å². The number of ether oxygens (including phenoxy) is 1. The maximum Gasteiger partial charge on any atom is 0.244 e. The molecule has 2 amide bonds. The zero-order valence-corrected chi connectivity index (χ0v) is 20.3. The van der Waals surface area contributed by atoms with Gasteiger partial charge < -0.3 is 15.0 Å². The Kier molecular flexibility index (Phi) is 8.81. The van der Waals surface area contributed by atoms with Gasteiger partial charge in [0.15, 0.2) is 0 Å². The van der Waals surface area contributed by atoms with E-state index in [0.717, 1.165) is 16.1 Å². The molecular formula is C23H30FN3O5S. The van der Waals surface area contributed by atoms with Gasteiger partial charge in [-0.3, -0.25) is 13.9 Å². The molecule has 2 aromatic carbocycles. The number of benzene rings is 2.